The summed E-state index contributed by atoms with van der Waals surface area (Å²) >= 11 is 0. The third kappa shape index (κ3) is 5.02. The van der Waals surface area contributed by atoms with Gasteiger partial charge in [-0.3, -0.25) is 9.69 Å². The molecule has 0 amide bonds. The molecule has 1 aliphatic heterocycles. The lowest BCUT2D eigenvalue weighted by Crippen LogP contribution is -2.49. The Labute approximate surface area is 151 Å². The monoisotopic (exact) mass is 361 g/mol. The number of aliphatic carboxylic acids is 1. The van der Waals surface area contributed by atoms with E-state index in [0.717, 1.165) is 23.4 Å². The van der Waals surface area contributed by atoms with Gasteiger partial charge < -0.3 is 9.84 Å². The molecule has 3 rings (SSSR count). The third-order valence-electron chi connectivity index (χ3n) is 4.45. The molecule has 1 heterocycles. The smallest absolute Gasteiger partial charge is 0.309 e. The molecule has 4 nitrogen and oxygen atoms in total. The quantitative estimate of drug-likeness (QED) is 0.781. The van der Waals surface area contributed by atoms with E-state index in [2.05, 4.69) is 4.90 Å². The number of nitrogens with zero attached hydrogens (tertiary/aromatic N) is 1. The van der Waals surface area contributed by atoms with Crippen LogP contribution in [0.1, 0.15) is 16.7 Å². The lowest BCUT2D eigenvalue weighted by atomic mass is 10.00. The van der Waals surface area contributed by atoms with Crippen molar-refractivity contribution in [3.05, 3.63) is 65.2 Å². The van der Waals surface area contributed by atoms with Gasteiger partial charge in [-0.15, -0.1) is 0 Å². The van der Waals surface area contributed by atoms with E-state index in [1.807, 2.05) is 24.3 Å². The highest BCUT2D eigenvalue weighted by Gasteiger charge is 2.32. The minimum absolute atomic E-state index is 0.229. The van der Waals surface area contributed by atoms with Gasteiger partial charge in [0.1, 0.15) is 12.4 Å². The zero-order chi connectivity index (χ0) is 18.5. The van der Waals surface area contributed by atoms with E-state index in [1.165, 1.54) is 0 Å². The van der Waals surface area contributed by atoms with E-state index < -0.39 is 12.4 Å². The van der Waals surface area contributed by atoms with Crippen LogP contribution in [-0.4, -0.2) is 35.5 Å². The molecular weight excluding hydrogens is 340 g/mol. The number of benzene rings is 2. The Morgan fingerprint density at radius 2 is 1.62 bits per heavy atom. The van der Waals surface area contributed by atoms with Crippen molar-refractivity contribution in [1.29, 1.82) is 0 Å². The second-order valence-electron chi connectivity index (χ2n) is 6.57. The molecule has 0 unspecified atom stereocenters. The van der Waals surface area contributed by atoms with Gasteiger partial charge in [0.15, 0.2) is 0 Å². The molecular formula is C20H21F2NO3. The van der Waals surface area contributed by atoms with Gasteiger partial charge in [-0.2, -0.15) is 0 Å². The zero-order valence-corrected chi connectivity index (χ0v) is 14.3. The van der Waals surface area contributed by atoms with Crippen molar-refractivity contribution in [2.24, 2.45) is 5.92 Å². The highest BCUT2D eigenvalue weighted by molar-refractivity contribution is 5.71. The maximum atomic E-state index is 12.3. The fourth-order valence-corrected chi connectivity index (χ4v) is 2.92. The fourth-order valence-electron chi connectivity index (χ4n) is 2.92. The summed E-state index contributed by atoms with van der Waals surface area (Å²) in [6.07, 6.45) is -2.56. The van der Waals surface area contributed by atoms with Crippen molar-refractivity contribution in [1.82, 2.24) is 4.90 Å². The number of hydrogen-bond acceptors (Lipinski definition) is 3. The normalized spacial score (nSPS) is 15.0. The average molecular weight is 361 g/mol. The molecule has 0 radical (unpaired) electrons. The van der Waals surface area contributed by atoms with Gasteiger partial charge in [-0.1, -0.05) is 36.4 Å². The van der Waals surface area contributed by atoms with Crippen LogP contribution in [0.2, 0.25) is 0 Å². The SMILES string of the molecule is O=C(O)C1CN(Cc2ccc(OCc3ccc(CC(F)F)cc3)cc2)C1. The van der Waals surface area contributed by atoms with Gasteiger partial charge in [0.05, 0.1) is 5.92 Å². The Kier molecular flexibility index (Phi) is 5.83. The molecule has 0 aliphatic carbocycles. The summed E-state index contributed by atoms with van der Waals surface area (Å²) in [7, 11) is 0. The fraction of sp³-hybridized carbons (Fsp3) is 0.350. The van der Waals surface area contributed by atoms with Gasteiger partial charge in [0.2, 0.25) is 6.43 Å². The summed E-state index contributed by atoms with van der Waals surface area (Å²) in [5.41, 5.74) is 2.65. The highest BCUT2D eigenvalue weighted by atomic mass is 19.3. The minimum Gasteiger partial charge on any atom is -0.489 e. The maximum Gasteiger partial charge on any atom is 0.309 e. The first-order chi connectivity index (χ1) is 12.5. The van der Waals surface area contributed by atoms with Gasteiger partial charge in [-0.25, -0.2) is 8.78 Å². The van der Waals surface area contributed by atoms with Crippen molar-refractivity contribution < 1.29 is 23.4 Å². The summed E-state index contributed by atoms with van der Waals surface area (Å²) in [6, 6.07) is 14.7. The largest absolute Gasteiger partial charge is 0.489 e. The molecule has 2 aromatic rings. The Morgan fingerprint density at radius 1 is 1.04 bits per heavy atom. The van der Waals surface area contributed by atoms with Crippen LogP contribution in [0, 0.1) is 5.92 Å². The van der Waals surface area contributed by atoms with Crippen LogP contribution in [0.25, 0.3) is 0 Å². The van der Waals surface area contributed by atoms with Crippen LogP contribution >= 0.6 is 0 Å². The molecule has 0 aromatic heterocycles. The molecule has 0 saturated carbocycles. The topological polar surface area (TPSA) is 49.8 Å². The first-order valence-corrected chi connectivity index (χ1v) is 8.52. The van der Waals surface area contributed by atoms with Crippen LogP contribution in [-0.2, 0) is 24.4 Å². The standard InChI is InChI=1S/C20H21F2NO3/c21-19(22)9-14-1-3-16(4-2-14)13-26-18-7-5-15(6-8-18)10-23-11-17(12-23)20(24)25/h1-8,17,19H,9-13H2,(H,24,25). The Bertz CT molecular complexity index is 726. The van der Waals surface area contributed by atoms with Gasteiger partial charge >= 0.3 is 5.97 Å². The molecule has 1 saturated heterocycles. The number of likely N-dealkylation sites (tertiary alicyclic amines) is 1. The lowest BCUT2D eigenvalue weighted by molar-refractivity contribution is -0.147. The number of carboxylic acids is 1. The zero-order valence-electron chi connectivity index (χ0n) is 14.3. The number of alkyl halides is 2. The van der Waals surface area contributed by atoms with E-state index in [-0.39, 0.29) is 12.3 Å². The Morgan fingerprint density at radius 3 is 2.19 bits per heavy atom. The van der Waals surface area contributed by atoms with Crippen molar-refractivity contribution in [3.8, 4) is 5.75 Å². The molecule has 2 aromatic carbocycles. The summed E-state index contributed by atoms with van der Waals surface area (Å²) in [5.74, 6) is -0.241. The van der Waals surface area contributed by atoms with E-state index in [1.54, 1.807) is 24.3 Å². The first-order valence-electron chi connectivity index (χ1n) is 8.52. The average Bonchev–Trinajstić information content (AvgIpc) is 2.57. The van der Waals surface area contributed by atoms with Gasteiger partial charge in [-0.05, 0) is 28.8 Å². The number of carbonyl (C=O) groups is 1. The van der Waals surface area contributed by atoms with Crippen molar-refractivity contribution in [3.63, 3.8) is 0 Å². The molecule has 0 atom stereocenters. The maximum absolute atomic E-state index is 12.3. The van der Waals surface area contributed by atoms with Crippen molar-refractivity contribution >= 4 is 5.97 Å². The predicted octanol–water partition coefficient (Wildman–Crippen LogP) is 3.59. The molecule has 1 aliphatic rings. The molecule has 0 bridgehead atoms. The molecule has 138 valence electrons. The summed E-state index contributed by atoms with van der Waals surface area (Å²) in [4.78, 5) is 12.9. The van der Waals surface area contributed by atoms with E-state index in [0.29, 0.717) is 25.3 Å². The second kappa shape index (κ2) is 8.27. The van der Waals surface area contributed by atoms with Crippen molar-refractivity contribution in [2.75, 3.05) is 13.1 Å². The lowest BCUT2D eigenvalue weighted by Gasteiger charge is -2.36. The summed E-state index contributed by atoms with van der Waals surface area (Å²) in [6.45, 7) is 2.29. The van der Waals surface area contributed by atoms with Crippen LogP contribution in [0.15, 0.2) is 48.5 Å². The molecule has 26 heavy (non-hydrogen) atoms. The van der Waals surface area contributed by atoms with E-state index in [4.69, 9.17) is 9.84 Å². The van der Waals surface area contributed by atoms with E-state index >= 15 is 0 Å². The summed E-state index contributed by atoms with van der Waals surface area (Å²) in [5, 5.41) is 8.88. The number of carboxylic acid groups (broad SMARTS) is 1. The Hall–Kier alpha value is -2.47. The van der Waals surface area contributed by atoms with Crippen LogP contribution in [0.4, 0.5) is 8.78 Å². The van der Waals surface area contributed by atoms with Crippen LogP contribution < -0.4 is 4.74 Å². The molecule has 1 N–H and O–H groups in total. The second-order valence-corrected chi connectivity index (χ2v) is 6.57. The first kappa shape index (κ1) is 18.3. The molecule has 6 heteroatoms. The van der Waals surface area contributed by atoms with Gasteiger partial charge in [0.25, 0.3) is 0 Å². The highest BCUT2D eigenvalue weighted by Crippen LogP contribution is 2.21. The van der Waals surface area contributed by atoms with Crippen LogP contribution in [0.5, 0.6) is 5.75 Å². The third-order valence-corrected chi connectivity index (χ3v) is 4.45. The van der Waals surface area contributed by atoms with Gasteiger partial charge in [0, 0.05) is 26.1 Å². The number of halogens is 2. The predicted molar refractivity (Wildman–Crippen MR) is 93.3 cm³/mol. The van der Waals surface area contributed by atoms with Crippen molar-refractivity contribution in [2.45, 2.75) is 26.0 Å². The van der Waals surface area contributed by atoms with E-state index in [9.17, 15) is 13.6 Å². The number of rotatable bonds is 8. The minimum atomic E-state index is -2.33. The molecule has 0 spiro atoms. The number of hydrogen-bond donors (Lipinski definition) is 1. The summed E-state index contributed by atoms with van der Waals surface area (Å²) < 4.78 is 30.4. The molecule has 1 fully saturated rings. The number of ether oxygens (including phenoxy) is 1. The Balaban J connectivity index is 1.45. The van der Waals surface area contributed by atoms with Crippen LogP contribution in [0.3, 0.4) is 0 Å².